The lowest BCUT2D eigenvalue weighted by Crippen LogP contribution is -2.50. The number of rotatable bonds is 14. The van der Waals surface area contributed by atoms with Crippen LogP contribution in [0.15, 0.2) is 54.6 Å². The van der Waals surface area contributed by atoms with Gasteiger partial charge in [0.1, 0.15) is 17.5 Å². The summed E-state index contributed by atoms with van der Waals surface area (Å²) in [5.74, 6) is 1.42. The van der Waals surface area contributed by atoms with Gasteiger partial charge in [0.05, 0.1) is 13.7 Å². The maximum Gasteiger partial charge on any atom is 0.242 e. The number of carbonyl (C=O) groups is 2. The number of hydrogen-bond acceptors (Lipinski definition) is 4. The minimum absolute atomic E-state index is 0.0160. The van der Waals surface area contributed by atoms with Crippen LogP contribution >= 0.6 is 0 Å². The fourth-order valence-corrected chi connectivity index (χ4v) is 3.49. The van der Waals surface area contributed by atoms with Gasteiger partial charge in [-0.1, -0.05) is 44.2 Å². The number of amides is 2. The van der Waals surface area contributed by atoms with Crippen LogP contribution in [0.3, 0.4) is 0 Å². The molecule has 0 spiro atoms. The van der Waals surface area contributed by atoms with E-state index in [0.29, 0.717) is 45.4 Å². The van der Waals surface area contributed by atoms with Gasteiger partial charge in [0, 0.05) is 19.5 Å². The molecule has 2 aromatic carbocycles. The fourth-order valence-electron chi connectivity index (χ4n) is 3.49. The highest BCUT2D eigenvalue weighted by atomic mass is 16.5. The Morgan fingerprint density at radius 1 is 1.00 bits per heavy atom. The Balaban J connectivity index is 1.95. The summed E-state index contributed by atoms with van der Waals surface area (Å²) in [7, 11) is 1.62. The van der Waals surface area contributed by atoms with Crippen molar-refractivity contribution in [2.24, 2.45) is 0 Å². The Bertz CT molecular complexity index is 808. The van der Waals surface area contributed by atoms with E-state index in [4.69, 9.17) is 9.47 Å². The lowest BCUT2D eigenvalue weighted by molar-refractivity contribution is -0.140. The molecular weight excluding hydrogens is 404 g/mol. The molecular formula is C26H36N2O4. The van der Waals surface area contributed by atoms with E-state index in [0.717, 1.165) is 23.5 Å². The maximum absolute atomic E-state index is 13.1. The first-order valence-electron chi connectivity index (χ1n) is 11.5. The van der Waals surface area contributed by atoms with Gasteiger partial charge in [-0.15, -0.1) is 0 Å². The third kappa shape index (κ3) is 8.25. The zero-order valence-electron chi connectivity index (χ0n) is 19.5. The quantitative estimate of drug-likeness (QED) is 0.447. The third-order valence-corrected chi connectivity index (χ3v) is 5.28. The first kappa shape index (κ1) is 25.2. The molecule has 0 bridgehead atoms. The van der Waals surface area contributed by atoms with Crippen molar-refractivity contribution in [1.29, 1.82) is 0 Å². The Morgan fingerprint density at radius 2 is 1.69 bits per heavy atom. The normalized spacial score (nSPS) is 11.5. The topological polar surface area (TPSA) is 67.9 Å². The van der Waals surface area contributed by atoms with Crippen LogP contribution in [0.25, 0.3) is 0 Å². The highest BCUT2D eigenvalue weighted by Crippen LogP contribution is 2.17. The molecule has 0 aliphatic rings. The van der Waals surface area contributed by atoms with Crippen molar-refractivity contribution >= 4 is 11.8 Å². The largest absolute Gasteiger partial charge is 0.497 e. The lowest BCUT2D eigenvalue weighted by Gasteiger charge is -2.30. The second kappa shape index (κ2) is 14.1. The molecule has 6 heteroatoms. The molecule has 0 saturated heterocycles. The van der Waals surface area contributed by atoms with Crippen LogP contribution in [0.5, 0.6) is 11.5 Å². The SMILES string of the molecule is CCCNC(=O)[C@@H](CC)N(CCc1ccccc1)C(=O)CCCOc1ccc(OC)cc1. The van der Waals surface area contributed by atoms with E-state index in [1.54, 1.807) is 12.0 Å². The predicted molar refractivity (Wildman–Crippen MR) is 127 cm³/mol. The second-order valence-corrected chi connectivity index (χ2v) is 7.67. The number of nitrogens with zero attached hydrogens (tertiary/aromatic N) is 1. The molecule has 174 valence electrons. The average Bonchev–Trinajstić information content (AvgIpc) is 2.83. The summed E-state index contributed by atoms with van der Waals surface area (Å²) >= 11 is 0. The number of hydrogen-bond donors (Lipinski definition) is 1. The summed E-state index contributed by atoms with van der Waals surface area (Å²) in [6, 6.07) is 17.0. The Kier molecular flexibility index (Phi) is 11.1. The summed E-state index contributed by atoms with van der Waals surface area (Å²) in [6.45, 7) is 5.53. The van der Waals surface area contributed by atoms with E-state index in [1.807, 2.05) is 68.4 Å². The Labute approximate surface area is 191 Å². The van der Waals surface area contributed by atoms with Crippen LogP contribution in [0.4, 0.5) is 0 Å². The van der Waals surface area contributed by atoms with Crippen molar-refractivity contribution < 1.29 is 19.1 Å². The van der Waals surface area contributed by atoms with Gasteiger partial charge in [-0.3, -0.25) is 9.59 Å². The van der Waals surface area contributed by atoms with Gasteiger partial charge >= 0.3 is 0 Å². The van der Waals surface area contributed by atoms with Gasteiger partial charge in [-0.25, -0.2) is 0 Å². The van der Waals surface area contributed by atoms with E-state index >= 15 is 0 Å². The number of nitrogens with one attached hydrogen (secondary N) is 1. The highest BCUT2D eigenvalue weighted by Gasteiger charge is 2.27. The van der Waals surface area contributed by atoms with E-state index in [-0.39, 0.29) is 11.8 Å². The van der Waals surface area contributed by atoms with E-state index in [1.165, 1.54) is 0 Å². The van der Waals surface area contributed by atoms with Crippen LogP contribution in [-0.2, 0) is 16.0 Å². The van der Waals surface area contributed by atoms with Gasteiger partial charge in [0.25, 0.3) is 0 Å². The molecule has 0 unspecified atom stereocenters. The van der Waals surface area contributed by atoms with Crippen LogP contribution in [0.1, 0.15) is 45.1 Å². The van der Waals surface area contributed by atoms with E-state index in [9.17, 15) is 9.59 Å². The monoisotopic (exact) mass is 440 g/mol. The van der Waals surface area contributed by atoms with Crippen LogP contribution in [0.2, 0.25) is 0 Å². The van der Waals surface area contributed by atoms with Gasteiger partial charge < -0.3 is 19.7 Å². The number of carbonyl (C=O) groups excluding carboxylic acids is 2. The van der Waals surface area contributed by atoms with Gasteiger partial charge in [-0.05, 0) is 55.5 Å². The van der Waals surface area contributed by atoms with Crippen LogP contribution in [-0.4, -0.2) is 49.6 Å². The molecule has 1 N–H and O–H groups in total. The highest BCUT2D eigenvalue weighted by molar-refractivity contribution is 5.87. The molecule has 1 atom stereocenters. The third-order valence-electron chi connectivity index (χ3n) is 5.28. The molecule has 32 heavy (non-hydrogen) atoms. The number of ether oxygens (including phenoxy) is 2. The number of benzene rings is 2. The van der Waals surface area contributed by atoms with Gasteiger partial charge in [0.2, 0.25) is 11.8 Å². The molecule has 0 heterocycles. The number of methoxy groups -OCH3 is 1. The van der Waals surface area contributed by atoms with E-state index in [2.05, 4.69) is 5.32 Å². The van der Waals surface area contributed by atoms with Crippen molar-refractivity contribution in [3.8, 4) is 11.5 Å². The van der Waals surface area contributed by atoms with Crippen molar-refractivity contribution in [2.45, 2.75) is 52.0 Å². The first-order chi connectivity index (χ1) is 15.6. The summed E-state index contributed by atoms with van der Waals surface area (Å²) in [5.41, 5.74) is 1.15. The maximum atomic E-state index is 13.1. The molecule has 6 nitrogen and oxygen atoms in total. The van der Waals surface area contributed by atoms with Crippen molar-refractivity contribution in [2.75, 3.05) is 26.8 Å². The fraction of sp³-hybridized carbons (Fsp3) is 0.462. The standard InChI is InChI=1S/C26H36N2O4/c1-4-18-27-26(30)24(5-2)28(19-17-21-10-7-6-8-11-21)25(29)12-9-20-32-23-15-13-22(31-3)14-16-23/h6-8,10-11,13-16,24H,4-5,9,12,17-20H2,1-3H3,(H,27,30)/t24-/m1/s1. The second-order valence-electron chi connectivity index (χ2n) is 7.67. The molecule has 0 aliphatic carbocycles. The molecule has 0 saturated carbocycles. The zero-order valence-corrected chi connectivity index (χ0v) is 19.5. The zero-order chi connectivity index (χ0) is 23.2. The van der Waals surface area contributed by atoms with Crippen molar-refractivity contribution in [1.82, 2.24) is 10.2 Å². The molecule has 2 amide bonds. The smallest absolute Gasteiger partial charge is 0.242 e. The van der Waals surface area contributed by atoms with Crippen LogP contribution in [0, 0.1) is 0 Å². The predicted octanol–water partition coefficient (Wildman–Crippen LogP) is 4.23. The molecule has 0 radical (unpaired) electrons. The summed E-state index contributed by atoms with van der Waals surface area (Å²) in [4.78, 5) is 27.6. The molecule has 0 aliphatic heterocycles. The summed E-state index contributed by atoms with van der Waals surface area (Å²) < 4.78 is 10.9. The van der Waals surface area contributed by atoms with Gasteiger partial charge in [0.15, 0.2) is 0 Å². The Morgan fingerprint density at radius 3 is 2.31 bits per heavy atom. The van der Waals surface area contributed by atoms with E-state index < -0.39 is 6.04 Å². The van der Waals surface area contributed by atoms with Crippen LogP contribution < -0.4 is 14.8 Å². The van der Waals surface area contributed by atoms with Crippen molar-refractivity contribution in [3.63, 3.8) is 0 Å². The Hall–Kier alpha value is -3.02. The minimum atomic E-state index is -0.458. The molecule has 0 aromatic heterocycles. The minimum Gasteiger partial charge on any atom is -0.497 e. The summed E-state index contributed by atoms with van der Waals surface area (Å²) in [6.07, 6.45) is 3.08. The average molecular weight is 441 g/mol. The molecule has 2 aromatic rings. The summed E-state index contributed by atoms with van der Waals surface area (Å²) in [5, 5.41) is 2.95. The van der Waals surface area contributed by atoms with Gasteiger partial charge in [-0.2, -0.15) is 0 Å². The lowest BCUT2D eigenvalue weighted by atomic mass is 10.1. The first-order valence-corrected chi connectivity index (χ1v) is 11.5. The molecule has 2 rings (SSSR count). The van der Waals surface area contributed by atoms with Crippen molar-refractivity contribution in [3.05, 3.63) is 60.2 Å². The molecule has 0 fully saturated rings.